The number of hydrogen-bond acceptors (Lipinski definition) is 15. The smallest absolute Gasteiger partial charge is 0.462 e. The minimum atomic E-state index is -4.95. The molecule has 0 aliphatic rings. The first kappa shape index (κ1) is 89.1. The monoisotopic (exact) mass is 1340 g/mol. The first-order valence-corrected chi connectivity index (χ1v) is 40.3. The van der Waals surface area contributed by atoms with Crippen molar-refractivity contribution >= 4 is 39.5 Å². The number of hydrogen-bond donors (Lipinski definition) is 3. The summed E-state index contributed by atoms with van der Waals surface area (Å²) in [6.45, 7) is 11.8. The number of unbranched alkanes of at least 4 members (excludes halogenated alkanes) is 38. The van der Waals surface area contributed by atoms with Crippen LogP contribution in [-0.4, -0.2) is 96.7 Å². The highest BCUT2D eigenvalue weighted by Crippen LogP contribution is 2.45. The van der Waals surface area contributed by atoms with Crippen molar-refractivity contribution in [2.75, 3.05) is 39.6 Å². The van der Waals surface area contributed by atoms with Crippen molar-refractivity contribution < 1.29 is 80.2 Å². The summed E-state index contributed by atoms with van der Waals surface area (Å²) in [5.41, 5.74) is 0. The second-order valence-corrected chi connectivity index (χ2v) is 30.3. The van der Waals surface area contributed by atoms with E-state index in [0.29, 0.717) is 31.6 Å². The molecule has 540 valence electrons. The van der Waals surface area contributed by atoms with Gasteiger partial charge in [0.2, 0.25) is 0 Å². The molecule has 2 unspecified atom stereocenters. The molecule has 91 heavy (non-hydrogen) atoms. The van der Waals surface area contributed by atoms with Crippen molar-refractivity contribution in [2.45, 2.75) is 381 Å². The lowest BCUT2D eigenvalue weighted by Crippen LogP contribution is -2.30. The molecule has 0 amide bonds. The molecule has 0 aliphatic heterocycles. The lowest BCUT2D eigenvalue weighted by molar-refractivity contribution is -0.161. The van der Waals surface area contributed by atoms with Crippen LogP contribution in [0.25, 0.3) is 0 Å². The van der Waals surface area contributed by atoms with Crippen molar-refractivity contribution in [3.8, 4) is 0 Å². The van der Waals surface area contributed by atoms with E-state index >= 15 is 0 Å². The van der Waals surface area contributed by atoms with Gasteiger partial charge in [-0.25, -0.2) is 9.13 Å². The van der Waals surface area contributed by atoms with Gasteiger partial charge in [0.25, 0.3) is 0 Å². The number of esters is 4. The van der Waals surface area contributed by atoms with Crippen LogP contribution < -0.4 is 0 Å². The summed E-state index contributed by atoms with van der Waals surface area (Å²) in [6, 6.07) is 0. The van der Waals surface area contributed by atoms with Gasteiger partial charge in [0.1, 0.15) is 19.3 Å². The Bertz CT molecular complexity index is 1780. The Morgan fingerprint density at radius 3 is 0.747 bits per heavy atom. The van der Waals surface area contributed by atoms with Crippen LogP contribution in [0, 0.1) is 17.8 Å². The number of phosphoric acid groups is 2. The molecular formula is C72H140O17P2. The van der Waals surface area contributed by atoms with E-state index in [1.54, 1.807) is 0 Å². The Labute approximate surface area is 556 Å². The van der Waals surface area contributed by atoms with Crippen LogP contribution in [0.1, 0.15) is 363 Å². The zero-order chi connectivity index (χ0) is 67.3. The third-order valence-electron chi connectivity index (χ3n) is 16.6. The van der Waals surface area contributed by atoms with Crippen molar-refractivity contribution in [2.24, 2.45) is 17.8 Å². The van der Waals surface area contributed by atoms with Crippen LogP contribution in [0.5, 0.6) is 0 Å². The van der Waals surface area contributed by atoms with Gasteiger partial charge in [0, 0.05) is 25.7 Å². The molecule has 0 rings (SSSR count). The fourth-order valence-corrected chi connectivity index (χ4v) is 12.5. The number of aliphatic hydroxyl groups excluding tert-OH is 1. The second-order valence-electron chi connectivity index (χ2n) is 27.4. The summed E-state index contributed by atoms with van der Waals surface area (Å²) < 4.78 is 68.2. The maximum absolute atomic E-state index is 13.0. The Balaban J connectivity index is 5.19. The van der Waals surface area contributed by atoms with Gasteiger partial charge in [-0.3, -0.25) is 37.3 Å². The van der Waals surface area contributed by atoms with Crippen LogP contribution in [0.15, 0.2) is 0 Å². The second kappa shape index (κ2) is 62.8. The molecule has 17 nitrogen and oxygen atoms in total. The fraction of sp³-hybridized carbons (Fsp3) is 0.944. The summed E-state index contributed by atoms with van der Waals surface area (Å²) in [4.78, 5) is 72.5. The SMILES string of the molecule is CCCCCCCCCC(=O)OC[C@H](COP(=O)(O)OC[C@H](O)COP(=O)(O)OC[C@@H](COC(=O)CCCCCCCCCCCCCCCCC(C)C)OC(=O)CCCCCCCCCCCCCCCCC(C)C)OC(=O)CCCCCCCCCC(C)C. The molecule has 0 saturated heterocycles. The van der Waals surface area contributed by atoms with E-state index in [0.717, 1.165) is 115 Å². The van der Waals surface area contributed by atoms with E-state index in [9.17, 15) is 43.2 Å². The van der Waals surface area contributed by atoms with Gasteiger partial charge >= 0.3 is 39.5 Å². The highest BCUT2D eigenvalue weighted by atomic mass is 31.2. The van der Waals surface area contributed by atoms with E-state index in [-0.39, 0.29) is 25.7 Å². The van der Waals surface area contributed by atoms with Crippen LogP contribution in [-0.2, 0) is 65.4 Å². The molecule has 3 N–H and O–H groups in total. The van der Waals surface area contributed by atoms with E-state index in [1.807, 2.05) is 0 Å². The predicted octanol–water partition coefficient (Wildman–Crippen LogP) is 20.6. The van der Waals surface area contributed by atoms with Crippen LogP contribution >= 0.6 is 15.6 Å². The molecule has 5 atom stereocenters. The van der Waals surface area contributed by atoms with Gasteiger partial charge in [-0.15, -0.1) is 0 Å². The summed E-state index contributed by atoms with van der Waals surface area (Å²) >= 11 is 0. The van der Waals surface area contributed by atoms with Crippen LogP contribution in [0.3, 0.4) is 0 Å². The van der Waals surface area contributed by atoms with E-state index in [2.05, 4.69) is 48.5 Å². The topological polar surface area (TPSA) is 237 Å². The maximum Gasteiger partial charge on any atom is 0.472 e. The quantitative estimate of drug-likeness (QED) is 0.0222. The summed E-state index contributed by atoms with van der Waals surface area (Å²) in [5.74, 6) is 0.161. The maximum atomic E-state index is 13.0. The third-order valence-corrected chi connectivity index (χ3v) is 18.5. The largest absolute Gasteiger partial charge is 0.472 e. The fourth-order valence-electron chi connectivity index (χ4n) is 10.9. The van der Waals surface area contributed by atoms with E-state index in [1.165, 1.54) is 161 Å². The predicted molar refractivity (Wildman–Crippen MR) is 368 cm³/mol. The van der Waals surface area contributed by atoms with Crippen LogP contribution in [0.4, 0.5) is 0 Å². The molecule has 0 aromatic carbocycles. The number of aliphatic hydroxyl groups is 1. The summed E-state index contributed by atoms with van der Waals surface area (Å²) in [6.07, 6.45) is 47.5. The molecule has 0 heterocycles. The minimum Gasteiger partial charge on any atom is -0.462 e. The van der Waals surface area contributed by atoms with Gasteiger partial charge in [0.05, 0.1) is 26.4 Å². The number of ether oxygens (including phenoxy) is 4. The Morgan fingerprint density at radius 1 is 0.297 bits per heavy atom. The molecule has 0 fully saturated rings. The third kappa shape index (κ3) is 66.5. The van der Waals surface area contributed by atoms with Gasteiger partial charge < -0.3 is 33.8 Å². The van der Waals surface area contributed by atoms with Crippen molar-refractivity contribution in [1.29, 1.82) is 0 Å². The Kier molecular flexibility index (Phi) is 61.5. The average molecular weight is 1340 g/mol. The molecule has 0 aromatic heterocycles. The normalized spacial score (nSPS) is 14.2. The number of carbonyl (C=O) groups excluding carboxylic acids is 4. The van der Waals surface area contributed by atoms with Gasteiger partial charge in [-0.2, -0.15) is 0 Å². The van der Waals surface area contributed by atoms with Crippen molar-refractivity contribution in [1.82, 2.24) is 0 Å². The molecule has 0 saturated carbocycles. The van der Waals surface area contributed by atoms with E-state index in [4.69, 9.17) is 37.0 Å². The number of rotatable bonds is 70. The van der Waals surface area contributed by atoms with Crippen molar-refractivity contribution in [3.05, 3.63) is 0 Å². The first-order chi connectivity index (χ1) is 43.7. The molecule has 0 aromatic rings. The van der Waals surface area contributed by atoms with Gasteiger partial charge in [-0.1, -0.05) is 312 Å². The highest BCUT2D eigenvalue weighted by molar-refractivity contribution is 7.47. The zero-order valence-corrected chi connectivity index (χ0v) is 61.1. The highest BCUT2D eigenvalue weighted by Gasteiger charge is 2.30. The zero-order valence-electron chi connectivity index (χ0n) is 59.3. The first-order valence-electron chi connectivity index (χ1n) is 37.3. The number of carbonyl (C=O) groups is 4. The minimum absolute atomic E-state index is 0.103. The van der Waals surface area contributed by atoms with E-state index < -0.39 is 97.5 Å². The summed E-state index contributed by atoms with van der Waals surface area (Å²) in [7, 11) is -9.90. The van der Waals surface area contributed by atoms with Gasteiger partial charge in [0.15, 0.2) is 12.2 Å². The van der Waals surface area contributed by atoms with Crippen molar-refractivity contribution in [3.63, 3.8) is 0 Å². The molecule has 0 aliphatic carbocycles. The summed E-state index contributed by atoms with van der Waals surface area (Å²) in [5, 5.41) is 10.6. The Morgan fingerprint density at radius 2 is 0.505 bits per heavy atom. The molecule has 0 spiro atoms. The lowest BCUT2D eigenvalue weighted by Gasteiger charge is -2.21. The molecular weight excluding hydrogens is 1200 g/mol. The lowest BCUT2D eigenvalue weighted by atomic mass is 10.0. The molecule has 19 heteroatoms. The number of phosphoric ester groups is 2. The molecule has 0 radical (unpaired) electrons. The Hall–Kier alpha value is -1.94. The average Bonchev–Trinajstić information content (AvgIpc) is 3.57. The van der Waals surface area contributed by atoms with Crippen LogP contribution in [0.2, 0.25) is 0 Å². The standard InChI is InChI=1S/C72H140O17P2/c1-8-9-10-11-29-39-46-53-69(74)82-59-67(89-72(77)56-49-42-35-28-32-38-45-52-65(6)7)61-86-90(78,79)84-57-66(73)58-85-91(80,81)87-62-68(88-71(76)55-48-41-34-27-23-19-15-13-17-21-25-31-37-44-51-64(4)5)60-83-70(75)54-47-40-33-26-22-18-14-12-16-20-24-30-36-43-50-63(2)3/h63-68,73H,8-62H2,1-7H3,(H,78,79)(H,80,81)/t66-,67+,68+/m0/s1. The molecule has 0 bridgehead atoms. The van der Waals surface area contributed by atoms with Gasteiger partial charge in [-0.05, 0) is 43.4 Å².